The van der Waals surface area contributed by atoms with Crippen LogP contribution in [0.4, 0.5) is 10.1 Å². The van der Waals surface area contributed by atoms with E-state index in [1.54, 1.807) is 28.0 Å². The predicted molar refractivity (Wildman–Crippen MR) is 97.0 cm³/mol. The van der Waals surface area contributed by atoms with E-state index in [9.17, 15) is 18.8 Å². The summed E-state index contributed by atoms with van der Waals surface area (Å²) in [5.74, 6) is -0.717. The molecular formula is C20H18FN3O3. The Morgan fingerprint density at radius 1 is 0.852 bits per heavy atom. The molecule has 2 aliphatic heterocycles. The van der Waals surface area contributed by atoms with E-state index in [1.165, 1.54) is 24.3 Å². The van der Waals surface area contributed by atoms with E-state index in [4.69, 9.17) is 0 Å². The summed E-state index contributed by atoms with van der Waals surface area (Å²) in [6, 6.07) is 10.7. The number of anilines is 1. The molecule has 3 amide bonds. The van der Waals surface area contributed by atoms with E-state index >= 15 is 0 Å². The molecule has 138 valence electrons. The SMILES string of the molecule is O=C1Cc2cc(C(=O)N3CCN(C(=O)c4ccc(F)cc4)CC3)ccc2N1. The molecule has 0 aliphatic carbocycles. The van der Waals surface area contributed by atoms with Gasteiger partial charge in [-0.3, -0.25) is 14.4 Å². The van der Waals surface area contributed by atoms with Gasteiger partial charge in [0.05, 0.1) is 6.42 Å². The van der Waals surface area contributed by atoms with Gasteiger partial charge in [0.2, 0.25) is 5.91 Å². The first-order chi connectivity index (χ1) is 13.0. The molecule has 2 aromatic rings. The molecule has 0 unspecified atom stereocenters. The Labute approximate surface area is 155 Å². The van der Waals surface area contributed by atoms with Crippen LogP contribution in [0.2, 0.25) is 0 Å². The average Bonchev–Trinajstić information content (AvgIpc) is 3.07. The van der Waals surface area contributed by atoms with Crippen molar-refractivity contribution in [3.63, 3.8) is 0 Å². The highest BCUT2D eigenvalue weighted by atomic mass is 19.1. The zero-order chi connectivity index (χ0) is 19.0. The van der Waals surface area contributed by atoms with Crippen LogP contribution >= 0.6 is 0 Å². The van der Waals surface area contributed by atoms with Crippen molar-refractivity contribution in [2.24, 2.45) is 0 Å². The second kappa shape index (κ2) is 6.83. The molecule has 1 N–H and O–H groups in total. The van der Waals surface area contributed by atoms with Crippen LogP contribution in [-0.4, -0.2) is 53.7 Å². The first kappa shape index (κ1) is 17.2. The summed E-state index contributed by atoms with van der Waals surface area (Å²) in [6.45, 7) is 1.71. The van der Waals surface area contributed by atoms with Gasteiger partial charge in [-0.25, -0.2) is 4.39 Å². The number of amides is 3. The lowest BCUT2D eigenvalue weighted by atomic mass is 10.1. The zero-order valence-electron chi connectivity index (χ0n) is 14.6. The van der Waals surface area contributed by atoms with Crippen molar-refractivity contribution in [2.75, 3.05) is 31.5 Å². The highest BCUT2D eigenvalue weighted by Crippen LogP contribution is 2.24. The first-order valence-electron chi connectivity index (χ1n) is 8.78. The van der Waals surface area contributed by atoms with Crippen LogP contribution in [0.3, 0.4) is 0 Å². The molecule has 27 heavy (non-hydrogen) atoms. The van der Waals surface area contributed by atoms with Crippen molar-refractivity contribution < 1.29 is 18.8 Å². The van der Waals surface area contributed by atoms with Gasteiger partial charge in [0, 0.05) is 43.0 Å². The summed E-state index contributed by atoms with van der Waals surface area (Å²) in [4.78, 5) is 40.0. The van der Waals surface area contributed by atoms with Gasteiger partial charge in [-0.1, -0.05) is 0 Å². The van der Waals surface area contributed by atoms with E-state index in [0.29, 0.717) is 37.3 Å². The number of carbonyl (C=O) groups excluding carboxylic acids is 3. The maximum absolute atomic E-state index is 13.0. The first-order valence-corrected chi connectivity index (χ1v) is 8.78. The van der Waals surface area contributed by atoms with Crippen molar-refractivity contribution in [2.45, 2.75) is 6.42 Å². The van der Waals surface area contributed by atoms with Gasteiger partial charge in [0.1, 0.15) is 5.82 Å². The lowest BCUT2D eigenvalue weighted by Gasteiger charge is -2.35. The van der Waals surface area contributed by atoms with Gasteiger partial charge in [-0.15, -0.1) is 0 Å². The van der Waals surface area contributed by atoms with Crippen LogP contribution in [0.15, 0.2) is 42.5 Å². The minimum atomic E-state index is -0.381. The second-order valence-corrected chi connectivity index (χ2v) is 6.69. The van der Waals surface area contributed by atoms with Crippen molar-refractivity contribution in [3.8, 4) is 0 Å². The van der Waals surface area contributed by atoms with E-state index in [-0.39, 0.29) is 30.0 Å². The minimum absolute atomic E-state index is 0.0671. The summed E-state index contributed by atoms with van der Waals surface area (Å²) >= 11 is 0. The summed E-state index contributed by atoms with van der Waals surface area (Å²) in [5, 5.41) is 2.75. The van der Waals surface area contributed by atoms with Gasteiger partial charge in [0.25, 0.3) is 11.8 Å². The Balaban J connectivity index is 1.40. The van der Waals surface area contributed by atoms with Crippen LogP contribution in [-0.2, 0) is 11.2 Å². The molecule has 2 aromatic carbocycles. The van der Waals surface area contributed by atoms with Crippen molar-refractivity contribution >= 4 is 23.4 Å². The van der Waals surface area contributed by atoms with E-state index < -0.39 is 0 Å². The van der Waals surface area contributed by atoms with Gasteiger partial charge >= 0.3 is 0 Å². The number of halogens is 1. The Morgan fingerprint density at radius 3 is 2.04 bits per heavy atom. The molecule has 1 saturated heterocycles. The molecule has 4 rings (SSSR count). The van der Waals surface area contributed by atoms with Crippen LogP contribution in [0.1, 0.15) is 26.3 Å². The van der Waals surface area contributed by atoms with Gasteiger partial charge in [-0.05, 0) is 48.0 Å². The molecule has 1 fully saturated rings. The average molecular weight is 367 g/mol. The number of carbonyl (C=O) groups is 3. The summed E-state index contributed by atoms with van der Waals surface area (Å²) in [6.07, 6.45) is 0.288. The Kier molecular flexibility index (Phi) is 4.35. The van der Waals surface area contributed by atoms with Gasteiger partial charge in [-0.2, -0.15) is 0 Å². The maximum atomic E-state index is 13.0. The van der Waals surface area contributed by atoms with E-state index in [1.807, 2.05) is 0 Å². The molecule has 0 radical (unpaired) electrons. The Bertz CT molecular complexity index is 919. The third-order valence-electron chi connectivity index (χ3n) is 4.92. The van der Waals surface area contributed by atoms with Crippen LogP contribution < -0.4 is 5.32 Å². The molecular weight excluding hydrogens is 349 g/mol. The topological polar surface area (TPSA) is 69.7 Å². The molecule has 0 aromatic heterocycles. The Hall–Kier alpha value is -3.22. The standard InChI is InChI=1S/C20H18FN3O3/c21-16-4-1-13(2-5-16)19(26)23-7-9-24(10-8-23)20(27)14-3-6-17-15(11-14)12-18(25)22-17/h1-6,11H,7-10,12H2,(H,22,25). The minimum Gasteiger partial charge on any atom is -0.335 e. The fourth-order valence-corrected chi connectivity index (χ4v) is 3.43. The largest absolute Gasteiger partial charge is 0.335 e. The molecule has 0 atom stereocenters. The summed E-state index contributed by atoms with van der Waals surface area (Å²) in [5.41, 5.74) is 2.57. The van der Waals surface area contributed by atoms with Crippen molar-refractivity contribution in [1.29, 1.82) is 0 Å². The number of piperazine rings is 1. The number of hydrogen-bond donors (Lipinski definition) is 1. The van der Waals surface area contributed by atoms with Crippen molar-refractivity contribution in [1.82, 2.24) is 9.80 Å². The van der Waals surface area contributed by atoms with E-state index in [2.05, 4.69) is 5.32 Å². The summed E-state index contributed by atoms with van der Waals surface area (Å²) < 4.78 is 13.0. The quantitative estimate of drug-likeness (QED) is 0.882. The smallest absolute Gasteiger partial charge is 0.253 e. The molecule has 0 spiro atoms. The molecule has 6 nitrogen and oxygen atoms in total. The fraction of sp³-hybridized carbons (Fsp3) is 0.250. The molecule has 0 saturated carbocycles. The molecule has 2 heterocycles. The number of rotatable bonds is 2. The number of benzene rings is 2. The lowest BCUT2D eigenvalue weighted by Crippen LogP contribution is -2.50. The fourth-order valence-electron chi connectivity index (χ4n) is 3.43. The summed E-state index contributed by atoms with van der Waals surface area (Å²) in [7, 11) is 0. The normalized spacial score (nSPS) is 16.1. The molecule has 0 bridgehead atoms. The molecule has 2 aliphatic rings. The predicted octanol–water partition coefficient (Wildman–Crippen LogP) is 1.92. The van der Waals surface area contributed by atoms with Crippen LogP contribution in [0.25, 0.3) is 0 Å². The maximum Gasteiger partial charge on any atom is 0.253 e. The van der Waals surface area contributed by atoms with Gasteiger partial charge in [0.15, 0.2) is 0 Å². The van der Waals surface area contributed by atoms with E-state index in [0.717, 1.165) is 11.3 Å². The number of fused-ring (bicyclic) bond motifs is 1. The third-order valence-corrected chi connectivity index (χ3v) is 4.92. The highest BCUT2D eigenvalue weighted by molar-refractivity contribution is 6.01. The van der Waals surface area contributed by atoms with Crippen molar-refractivity contribution in [3.05, 3.63) is 65.0 Å². The Morgan fingerprint density at radius 2 is 1.41 bits per heavy atom. The number of nitrogens with one attached hydrogen (secondary N) is 1. The highest BCUT2D eigenvalue weighted by Gasteiger charge is 2.26. The van der Waals surface area contributed by atoms with Crippen LogP contribution in [0.5, 0.6) is 0 Å². The second-order valence-electron chi connectivity index (χ2n) is 6.69. The van der Waals surface area contributed by atoms with Crippen LogP contribution in [0, 0.1) is 5.82 Å². The monoisotopic (exact) mass is 367 g/mol. The molecule has 7 heteroatoms. The number of nitrogens with zero attached hydrogens (tertiary/aromatic N) is 2. The third kappa shape index (κ3) is 3.40. The van der Waals surface area contributed by atoms with Gasteiger partial charge < -0.3 is 15.1 Å². The lowest BCUT2D eigenvalue weighted by molar-refractivity contribution is -0.115. The zero-order valence-corrected chi connectivity index (χ0v) is 14.6. The number of hydrogen-bond acceptors (Lipinski definition) is 3.